The van der Waals surface area contributed by atoms with Gasteiger partial charge in [-0.05, 0) is 39.2 Å². The molecule has 0 bridgehead atoms. The van der Waals surface area contributed by atoms with Crippen molar-refractivity contribution in [2.45, 2.75) is 37.6 Å². The van der Waals surface area contributed by atoms with Crippen molar-refractivity contribution in [3.63, 3.8) is 0 Å². The van der Waals surface area contributed by atoms with Gasteiger partial charge >= 0.3 is 0 Å². The average Bonchev–Trinajstić information content (AvgIpc) is 2.83. The number of likely N-dealkylation sites (tertiary alicyclic amines) is 1. The molecule has 4 heteroatoms. The highest BCUT2D eigenvalue weighted by Crippen LogP contribution is 2.35. The van der Waals surface area contributed by atoms with Crippen molar-refractivity contribution in [1.29, 1.82) is 0 Å². The number of aryl methyl sites for hydroxylation is 2. The Kier molecular flexibility index (Phi) is 2.53. The lowest BCUT2D eigenvalue weighted by molar-refractivity contribution is 0.372. The highest BCUT2D eigenvalue weighted by atomic mass is 32.1. The van der Waals surface area contributed by atoms with Crippen LogP contribution in [0.1, 0.15) is 34.8 Å². The number of hydrogen-bond acceptors (Lipinski definition) is 4. The van der Waals surface area contributed by atoms with E-state index in [0.717, 1.165) is 25.9 Å². The highest BCUT2D eigenvalue weighted by molar-refractivity contribution is 7.11. The van der Waals surface area contributed by atoms with E-state index in [-0.39, 0.29) is 5.54 Å². The van der Waals surface area contributed by atoms with E-state index in [1.807, 2.05) is 11.3 Å². The maximum absolute atomic E-state index is 6.49. The van der Waals surface area contributed by atoms with Crippen molar-refractivity contribution in [2.24, 2.45) is 5.73 Å². The Bertz CT molecular complexity index is 377. The molecule has 1 saturated heterocycles. The molecule has 3 rings (SSSR count). The molecular formula is C12H19N3S. The van der Waals surface area contributed by atoms with Crippen LogP contribution in [0, 0.1) is 0 Å². The molecule has 88 valence electrons. The topological polar surface area (TPSA) is 42.1 Å². The second-order valence-electron chi connectivity index (χ2n) is 5.24. The summed E-state index contributed by atoms with van der Waals surface area (Å²) in [5.74, 6) is 0. The van der Waals surface area contributed by atoms with Gasteiger partial charge in [0.2, 0.25) is 0 Å². The minimum absolute atomic E-state index is 0.170. The first-order valence-electron chi connectivity index (χ1n) is 6.14. The summed E-state index contributed by atoms with van der Waals surface area (Å²) < 4.78 is 0. The molecule has 1 aliphatic carbocycles. The van der Waals surface area contributed by atoms with Gasteiger partial charge < -0.3 is 10.6 Å². The van der Waals surface area contributed by atoms with Gasteiger partial charge in [-0.2, -0.15) is 0 Å². The monoisotopic (exact) mass is 237 g/mol. The second kappa shape index (κ2) is 3.79. The Balaban J connectivity index is 1.92. The van der Waals surface area contributed by atoms with Gasteiger partial charge in [-0.1, -0.05) is 0 Å². The maximum Gasteiger partial charge on any atom is 0.114 e. The first-order valence-corrected chi connectivity index (χ1v) is 6.95. The second-order valence-corrected chi connectivity index (χ2v) is 6.32. The molecule has 0 saturated carbocycles. The van der Waals surface area contributed by atoms with Gasteiger partial charge in [0, 0.05) is 18.0 Å². The van der Waals surface area contributed by atoms with Gasteiger partial charge in [0.1, 0.15) is 5.01 Å². The third-order valence-electron chi connectivity index (χ3n) is 3.76. The molecule has 2 N–H and O–H groups in total. The minimum atomic E-state index is -0.170. The number of aromatic nitrogens is 1. The fourth-order valence-corrected chi connectivity index (χ4v) is 4.04. The Labute approximate surface area is 101 Å². The first kappa shape index (κ1) is 10.7. The van der Waals surface area contributed by atoms with Crippen molar-refractivity contribution in [2.75, 3.05) is 20.1 Å². The molecule has 2 heterocycles. The van der Waals surface area contributed by atoms with Crippen molar-refractivity contribution < 1.29 is 0 Å². The van der Waals surface area contributed by atoms with Gasteiger partial charge in [-0.15, -0.1) is 11.3 Å². The molecule has 0 amide bonds. The average molecular weight is 237 g/mol. The molecule has 1 aromatic rings. The molecule has 1 unspecified atom stereocenters. The molecule has 2 aliphatic rings. The minimum Gasteiger partial charge on any atom is -0.318 e. The smallest absolute Gasteiger partial charge is 0.114 e. The molecule has 0 aromatic carbocycles. The molecular weight excluding hydrogens is 218 g/mol. The van der Waals surface area contributed by atoms with E-state index in [4.69, 9.17) is 10.7 Å². The van der Waals surface area contributed by atoms with E-state index >= 15 is 0 Å². The van der Waals surface area contributed by atoms with Gasteiger partial charge in [-0.25, -0.2) is 4.98 Å². The van der Waals surface area contributed by atoms with Crippen molar-refractivity contribution in [1.82, 2.24) is 9.88 Å². The maximum atomic E-state index is 6.49. The van der Waals surface area contributed by atoms with Crippen LogP contribution < -0.4 is 5.73 Å². The normalized spacial score (nSPS) is 30.6. The number of hydrogen-bond donors (Lipinski definition) is 1. The van der Waals surface area contributed by atoms with Gasteiger partial charge in [0.25, 0.3) is 0 Å². The number of rotatable bonds is 1. The van der Waals surface area contributed by atoms with Crippen LogP contribution in [0.25, 0.3) is 0 Å². The lowest BCUT2D eigenvalue weighted by Gasteiger charge is -2.20. The van der Waals surface area contributed by atoms with Crippen LogP contribution in [0.3, 0.4) is 0 Å². The third-order valence-corrected chi connectivity index (χ3v) is 5.14. The molecule has 3 nitrogen and oxygen atoms in total. The molecule has 1 aromatic heterocycles. The Morgan fingerprint density at radius 3 is 2.88 bits per heavy atom. The lowest BCUT2D eigenvalue weighted by Crippen LogP contribution is -2.39. The summed E-state index contributed by atoms with van der Waals surface area (Å²) in [6, 6.07) is 0. The molecule has 1 fully saturated rings. The quantitative estimate of drug-likeness (QED) is 0.805. The van der Waals surface area contributed by atoms with E-state index in [2.05, 4.69) is 11.9 Å². The number of nitrogens with zero attached hydrogens (tertiary/aromatic N) is 2. The molecule has 1 aliphatic heterocycles. The Hall–Kier alpha value is -0.450. The van der Waals surface area contributed by atoms with E-state index < -0.39 is 0 Å². The first-order chi connectivity index (χ1) is 7.67. The Morgan fingerprint density at radius 1 is 1.38 bits per heavy atom. The van der Waals surface area contributed by atoms with Crippen LogP contribution in [0.15, 0.2) is 0 Å². The van der Waals surface area contributed by atoms with Crippen LogP contribution in [0.2, 0.25) is 0 Å². The number of likely N-dealkylation sites (N-methyl/N-ethyl adjacent to an activating group) is 1. The van der Waals surface area contributed by atoms with E-state index in [1.54, 1.807) is 0 Å². The summed E-state index contributed by atoms with van der Waals surface area (Å²) in [4.78, 5) is 8.61. The van der Waals surface area contributed by atoms with Crippen LogP contribution in [-0.2, 0) is 18.4 Å². The summed E-state index contributed by atoms with van der Waals surface area (Å²) in [6.45, 7) is 2.06. The zero-order valence-corrected chi connectivity index (χ0v) is 10.6. The van der Waals surface area contributed by atoms with Crippen LogP contribution in [0.5, 0.6) is 0 Å². The number of fused-ring (bicyclic) bond motifs is 1. The van der Waals surface area contributed by atoms with Gasteiger partial charge in [0.15, 0.2) is 0 Å². The summed E-state index contributed by atoms with van der Waals surface area (Å²) in [6.07, 6.45) is 6.06. The summed E-state index contributed by atoms with van der Waals surface area (Å²) in [5.41, 5.74) is 7.66. The predicted molar refractivity (Wildman–Crippen MR) is 66.7 cm³/mol. The summed E-state index contributed by atoms with van der Waals surface area (Å²) in [5, 5.41) is 1.18. The molecule has 16 heavy (non-hydrogen) atoms. The lowest BCUT2D eigenvalue weighted by atomic mass is 10.0. The fraction of sp³-hybridized carbons (Fsp3) is 0.750. The molecule has 1 atom stereocenters. The fourth-order valence-electron chi connectivity index (χ4n) is 2.77. The largest absolute Gasteiger partial charge is 0.318 e. The molecule has 0 radical (unpaired) electrons. The van der Waals surface area contributed by atoms with E-state index in [1.165, 1.54) is 34.8 Å². The predicted octanol–water partition coefficient (Wildman–Crippen LogP) is 1.51. The van der Waals surface area contributed by atoms with E-state index in [0.29, 0.717) is 0 Å². The van der Waals surface area contributed by atoms with E-state index in [9.17, 15) is 0 Å². The summed E-state index contributed by atoms with van der Waals surface area (Å²) >= 11 is 1.87. The van der Waals surface area contributed by atoms with Crippen LogP contribution >= 0.6 is 11.3 Å². The summed E-state index contributed by atoms with van der Waals surface area (Å²) in [7, 11) is 2.14. The zero-order valence-electron chi connectivity index (χ0n) is 9.83. The van der Waals surface area contributed by atoms with Crippen LogP contribution in [-0.4, -0.2) is 30.0 Å². The zero-order chi connectivity index (χ0) is 11.2. The SMILES string of the molecule is CN1CCC(N)(c2nc3c(s2)CCCC3)C1. The number of nitrogens with two attached hydrogens (primary N) is 1. The number of thiazole rings is 1. The van der Waals surface area contributed by atoms with Crippen LogP contribution in [0.4, 0.5) is 0 Å². The molecule has 0 spiro atoms. The standard InChI is InChI=1S/C12H19N3S/c1-15-7-6-12(13,8-15)11-14-9-4-2-3-5-10(9)16-11/h2-8,13H2,1H3. The third kappa shape index (κ3) is 1.69. The van der Waals surface area contributed by atoms with Gasteiger partial charge in [0.05, 0.1) is 11.2 Å². The van der Waals surface area contributed by atoms with Crippen molar-refractivity contribution in [3.8, 4) is 0 Å². The Morgan fingerprint density at radius 2 is 2.19 bits per heavy atom. The van der Waals surface area contributed by atoms with Crippen molar-refractivity contribution in [3.05, 3.63) is 15.6 Å². The van der Waals surface area contributed by atoms with Crippen molar-refractivity contribution >= 4 is 11.3 Å². The highest BCUT2D eigenvalue weighted by Gasteiger charge is 2.37. The van der Waals surface area contributed by atoms with Gasteiger partial charge in [-0.3, -0.25) is 0 Å².